The van der Waals surface area contributed by atoms with Crippen LogP contribution in [-0.2, 0) is 4.74 Å². The summed E-state index contributed by atoms with van der Waals surface area (Å²) >= 11 is 0. The average molecular weight is 345 g/mol. The number of H-pyrrole nitrogens is 1. The minimum atomic E-state index is -0.441. The highest BCUT2D eigenvalue weighted by molar-refractivity contribution is 6.12. The standard InChI is InChI=1S/C21H19N3O2/c1-24(2)14-10-8-13(9-11-14)19-20-16(12-18(23-19)21(25)26-3)15-6-4-5-7-17(15)22-20/h4-12,22H,1-3H3. The van der Waals surface area contributed by atoms with Crippen molar-refractivity contribution in [3.63, 3.8) is 0 Å². The van der Waals surface area contributed by atoms with Crippen LogP contribution in [0.1, 0.15) is 10.5 Å². The molecule has 0 atom stereocenters. The smallest absolute Gasteiger partial charge is 0.356 e. The number of hydrogen-bond acceptors (Lipinski definition) is 4. The predicted octanol–water partition coefficient (Wildman–Crippen LogP) is 4.24. The van der Waals surface area contributed by atoms with Gasteiger partial charge in [0.1, 0.15) is 5.69 Å². The zero-order valence-electron chi connectivity index (χ0n) is 14.9. The Kier molecular flexibility index (Phi) is 3.84. The third-order valence-corrected chi connectivity index (χ3v) is 4.55. The Bertz CT molecular complexity index is 1110. The van der Waals surface area contributed by atoms with Gasteiger partial charge in [-0.05, 0) is 24.3 Å². The quantitative estimate of drug-likeness (QED) is 0.564. The number of pyridine rings is 1. The maximum atomic E-state index is 12.1. The van der Waals surface area contributed by atoms with Crippen LogP contribution in [0.2, 0.25) is 0 Å². The van der Waals surface area contributed by atoms with Gasteiger partial charge < -0.3 is 14.6 Å². The Balaban J connectivity index is 2.01. The summed E-state index contributed by atoms with van der Waals surface area (Å²) in [5.41, 5.74) is 5.01. The molecule has 2 heterocycles. The molecule has 0 bridgehead atoms. The molecule has 1 N–H and O–H groups in total. The molecule has 130 valence electrons. The number of hydrogen-bond donors (Lipinski definition) is 1. The second-order valence-electron chi connectivity index (χ2n) is 6.38. The van der Waals surface area contributed by atoms with Gasteiger partial charge in [0.15, 0.2) is 0 Å². The molecule has 0 saturated carbocycles. The van der Waals surface area contributed by atoms with Crippen molar-refractivity contribution in [2.24, 2.45) is 0 Å². The van der Waals surface area contributed by atoms with Gasteiger partial charge in [0, 0.05) is 41.6 Å². The number of ether oxygens (including phenoxy) is 1. The first-order chi connectivity index (χ1) is 12.6. The van der Waals surface area contributed by atoms with E-state index in [1.165, 1.54) is 7.11 Å². The molecule has 0 unspecified atom stereocenters. The molecule has 5 heteroatoms. The summed E-state index contributed by atoms with van der Waals surface area (Å²) in [6.45, 7) is 0. The van der Waals surface area contributed by atoms with E-state index in [2.05, 4.69) is 9.97 Å². The number of benzene rings is 2. The number of carbonyl (C=O) groups is 1. The summed E-state index contributed by atoms with van der Waals surface area (Å²) in [6.07, 6.45) is 0. The van der Waals surface area contributed by atoms with Crippen molar-refractivity contribution in [2.75, 3.05) is 26.1 Å². The van der Waals surface area contributed by atoms with Gasteiger partial charge in [-0.25, -0.2) is 9.78 Å². The van der Waals surface area contributed by atoms with Crippen LogP contribution in [0.15, 0.2) is 54.6 Å². The minimum absolute atomic E-state index is 0.302. The topological polar surface area (TPSA) is 58.2 Å². The maximum absolute atomic E-state index is 12.1. The highest BCUT2D eigenvalue weighted by atomic mass is 16.5. The molecule has 0 aliphatic rings. The first kappa shape index (κ1) is 16.1. The fourth-order valence-corrected chi connectivity index (χ4v) is 3.18. The van der Waals surface area contributed by atoms with Crippen molar-refractivity contribution in [1.29, 1.82) is 0 Å². The Morgan fingerprint density at radius 1 is 1.04 bits per heavy atom. The molecule has 0 amide bonds. The van der Waals surface area contributed by atoms with E-state index < -0.39 is 5.97 Å². The highest BCUT2D eigenvalue weighted by Gasteiger charge is 2.17. The molecule has 2 aromatic heterocycles. The van der Waals surface area contributed by atoms with Crippen LogP contribution in [0.4, 0.5) is 5.69 Å². The third-order valence-electron chi connectivity index (χ3n) is 4.55. The van der Waals surface area contributed by atoms with Crippen molar-refractivity contribution in [1.82, 2.24) is 9.97 Å². The molecule has 0 saturated heterocycles. The van der Waals surface area contributed by atoms with Gasteiger partial charge >= 0.3 is 5.97 Å². The van der Waals surface area contributed by atoms with Crippen molar-refractivity contribution in [3.8, 4) is 11.3 Å². The lowest BCUT2D eigenvalue weighted by molar-refractivity contribution is 0.0594. The number of esters is 1. The molecule has 0 aliphatic carbocycles. The molecule has 0 fully saturated rings. The number of para-hydroxylation sites is 1. The van der Waals surface area contributed by atoms with Gasteiger partial charge in [0.2, 0.25) is 0 Å². The van der Waals surface area contributed by atoms with Gasteiger partial charge in [-0.3, -0.25) is 0 Å². The number of nitrogens with one attached hydrogen (secondary N) is 1. The molecular weight excluding hydrogens is 326 g/mol. The number of carbonyl (C=O) groups excluding carboxylic acids is 1. The zero-order chi connectivity index (χ0) is 18.3. The summed E-state index contributed by atoms with van der Waals surface area (Å²) in [6, 6.07) is 17.9. The van der Waals surface area contributed by atoms with E-state index in [-0.39, 0.29) is 0 Å². The van der Waals surface area contributed by atoms with Crippen LogP contribution in [-0.4, -0.2) is 37.1 Å². The lowest BCUT2D eigenvalue weighted by atomic mass is 10.1. The highest BCUT2D eigenvalue weighted by Crippen LogP contribution is 2.33. The number of nitrogens with zero attached hydrogens (tertiary/aromatic N) is 2. The van der Waals surface area contributed by atoms with E-state index in [0.717, 1.165) is 38.8 Å². The monoisotopic (exact) mass is 345 g/mol. The van der Waals surface area contributed by atoms with E-state index in [9.17, 15) is 4.79 Å². The van der Waals surface area contributed by atoms with E-state index in [1.54, 1.807) is 6.07 Å². The predicted molar refractivity (Wildman–Crippen MR) is 105 cm³/mol. The van der Waals surface area contributed by atoms with Crippen LogP contribution in [0.25, 0.3) is 33.1 Å². The summed E-state index contributed by atoms with van der Waals surface area (Å²) in [7, 11) is 5.37. The Labute approximate surface area is 151 Å². The Hall–Kier alpha value is -3.34. The van der Waals surface area contributed by atoms with Crippen molar-refractivity contribution >= 4 is 33.5 Å². The second kappa shape index (κ2) is 6.19. The normalized spacial score (nSPS) is 11.0. The summed E-state index contributed by atoms with van der Waals surface area (Å²) in [5, 5.41) is 2.02. The molecule has 5 nitrogen and oxygen atoms in total. The number of rotatable bonds is 3. The van der Waals surface area contributed by atoms with Gasteiger partial charge in [-0.2, -0.15) is 0 Å². The van der Waals surface area contributed by atoms with E-state index in [4.69, 9.17) is 4.74 Å². The fourth-order valence-electron chi connectivity index (χ4n) is 3.18. The lowest BCUT2D eigenvalue weighted by Gasteiger charge is -2.13. The third kappa shape index (κ3) is 2.58. The Morgan fingerprint density at radius 3 is 2.46 bits per heavy atom. The summed E-state index contributed by atoms with van der Waals surface area (Å²) < 4.78 is 4.90. The van der Waals surface area contributed by atoms with Crippen molar-refractivity contribution in [2.45, 2.75) is 0 Å². The largest absolute Gasteiger partial charge is 0.464 e. The molecule has 4 rings (SSSR count). The van der Waals surface area contributed by atoms with Crippen molar-refractivity contribution < 1.29 is 9.53 Å². The number of methoxy groups -OCH3 is 1. The van der Waals surface area contributed by atoms with Crippen LogP contribution >= 0.6 is 0 Å². The van der Waals surface area contributed by atoms with Gasteiger partial charge in [0.05, 0.1) is 18.3 Å². The summed E-state index contributed by atoms with van der Waals surface area (Å²) in [5.74, 6) is -0.441. The molecule has 2 aromatic carbocycles. The van der Waals surface area contributed by atoms with E-state index >= 15 is 0 Å². The SMILES string of the molecule is COC(=O)c1cc2c([nH]c3ccccc32)c(-c2ccc(N(C)C)cc2)n1. The van der Waals surface area contributed by atoms with Crippen LogP contribution in [0.3, 0.4) is 0 Å². The number of aromatic nitrogens is 2. The summed E-state index contributed by atoms with van der Waals surface area (Å²) in [4.78, 5) is 22.2. The maximum Gasteiger partial charge on any atom is 0.356 e. The van der Waals surface area contributed by atoms with E-state index in [0.29, 0.717) is 5.69 Å². The van der Waals surface area contributed by atoms with Gasteiger partial charge in [-0.15, -0.1) is 0 Å². The van der Waals surface area contributed by atoms with Gasteiger partial charge in [0.25, 0.3) is 0 Å². The van der Waals surface area contributed by atoms with Crippen molar-refractivity contribution in [3.05, 3.63) is 60.3 Å². The van der Waals surface area contributed by atoms with E-state index in [1.807, 2.05) is 67.5 Å². The minimum Gasteiger partial charge on any atom is -0.464 e. The lowest BCUT2D eigenvalue weighted by Crippen LogP contribution is -2.08. The molecule has 26 heavy (non-hydrogen) atoms. The first-order valence-electron chi connectivity index (χ1n) is 8.36. The van der Waals surface area contributed by atoms with Gasteiger partial charge in [-0.1, -0.05) is 30.3 Å². The zero-order valence-corrected chi connectivity index (χ0v) is 14.9. The Morgan fingerprint density at radius 2 is 1.77 bits per heavy atom. The molecular formula is C21H19N3O2. The second-order valence-corrected chi connectivity index (χ2v) is 6.38. The van der Waals surface area contributed by atoms with Crippen LogP contribution < -0.4 is 4.90 Å². The van der Waals surface area contributed by atoms with Crippen LogP contribution in [0, 0.1) is 0 Å². The van der Waals surface area contributed by atoms with Crippen LogP contribution in [0.5, 0.6) is 0 Å². The molecule has 4 aromatic rings. The number of aromatic amines is 1. The molecule has 0 spiro atoms. The molecule has 0 radical (unpaired) electrons. The average Bonchev–Trinajstić information content (AvgIpc) is 3.05. The first-order valence-corrected chi connectivity index (χ1v) is 8.36. The number of anilines is 1. The molecule has 0 aliphatic heterocycles. The fraction of sp³-hybridized carbons (Fsp3) is 0.143. The number of fused-ring (bicyclic) bond motifs is 3.